The van der Waals surface area contributed by atoms with Crippen LogP contribution in [0, 0.1) is 11.8 Å². The van der Waals surface area contributed by atoms with Crippen molar-refractivity contribution in [1.82, 2.24) is 0 Å². The van der Waals surface area contributed by atoms with Crippen molar-refractivity contribution in [2.24, 2.45) is 23.3 Å². The molecule has 10 N–H and O–H groups in total. The van der Waals surface area contributed by atoms with Crippen molar-refractivity contribution in [3.8, 4) is 0 Å². The van der Waals surface area contributed by atoms with Crippen LogP contribution < -0.4 is 11.5 Å². The Bertz CT molecular complexity index is 558. The summed E-state index contributed by atoms with van der Waals surface area (Å²) in [7, 11) is 0. The van der Waals surface area contributed by atoms with E-state index in [2.05, 4.69) is 0 Å². The van der Waals surface area contributed by atoms with Gasteiger partial charge in [0.15, 0.2) is 12.6 Å². The molecule has 0 aromatic rings. The first-order valence-corrected chi connectivity index (χ1v) is 11.1. The zero-order valence-corrected chi connectivity index (χ0v) is 18.8. The summed E-state index contributed by atoms with van der Waals surface area (Å²) in [6, 6.07) is -1.10. The highest BCUT2D eigenvalue weighted by atomic mass is 16.7. The molecule has 13 atom stereocenters. The third-order valence-corrected chi connectivity index (χ3v) is 6.17. The average Bonchev–Trinajstić information content (AvgIpc) is 3.03. The van der Waals surface area contributed by atoms with E-state index >= 15 is 0 Å². The van der Waals surface area contributed by atoms with E-state index < -0.39 is 67.5 Å². The second-order valence-electron chi connectivity index (χ2n) is 9.04. The highest BCUT2D eigenvalue weighted by Crippen LogP contribution is 2.28. The van der Waals surface area contributed by atoms with Crippen LogP contribution in [-0.4, -0.2) is 118 Å². The molecule has 0 bridgehead atoms. The quantitative estimate of drug-likeness (QED) is 0.149. The van der Waals surface area contributed by atoms with Crippen molar-refractivity contribution >= 4 is 0 Å². The number of ether oxygens (including phenoxy) is 4. The van der Waals surface area contributed by atoms with Gasteiger partial charge in [0.2, 0.25) is 0 Å². The van der Waals surface area contributed by atoms with Gasteiger partial charge in [0.25, 0.3) is 0 Å². The van der Waals surface area contributed by atoms with Crippen molar-refractivity contribution in [1.29, 1.82) is 0 Å². The highest BCUT2D eigenvalue weighted by Gasteiger charge is 2.47. The number of nitrogens with two attached hydrogens (primary N) is 2. The van der Waals surface area contributed by atoms with Crippen molar-refractivity contribution in [2.45, 2.75) is 94.6 Å². The maximum Gasteiger partial charge on any atom is 0.186 e. The van der Waals surface area contributed by atoms with E-state index in [1.807, 2.05) is 13.8 Å². The highest BCUT2D eigenvalue weighted by molar-refractivity contribution is 4.94. The summed E-state index contributed by atoms with van der Waals surface area (Å²) in [4.78, 5) is 0. The van der Waals surface area contributed by atoms with Gasteiger partial charge in [0, 0.05) is 13.2 Å². The van der Waals surface area contributed by atoms with Crippen LogP contribution in [0.15, 0.2) is 0 Å². The fourth-order valence-electron chi connectivity index (χ4n) is 4.04. The van der Waals surface area contributed by atoms with Crippen molar-refractivity contribution < 1.29 is 49.6 Å². The molecule has 2 rings (SSSR count). The molecule has 12 nitrogen and oxygen atoms in total. The van der Waals surface area contributed by atoms with Gasteiger partial charge in [-0.15, -0.1) is 0 Å². The Morgan fingerprint density at radius 1 is 0.938 bits per heavy atom. The Hall–Kier alpha value is -0.480. The molecule has 32 heavy (non-hydrogen) atoms. The molecule has 2 aliphatic rings. The lowest BCUT2D eigenvalue weighted by atomic mass is 9.92. The normalized spacial score (nSPS) is 41.9. The van der Waals surface area contributed by atoms with Crippen molar-refractivity contribution in [3.63, 3.8) is 0 Å². The Balaban J connectivity index is 2.11. The predicted molar refractivity (Wildman–Crippen MR) is 111 cm³/mol. The molecule has 12 heteroatoms. The summed E-state index contributed by atoms with van der Waals surface area (Å²) >= 11 is 0. The summed E-state index contributed by atoms with van der Waals surface area (Å²) in [6.45, 7) is 5.05. The topological polar surface area (TPSA) is 210 Å². The maximum atomic E-state index is 10.3. The molecule has 0 aliphatic carbocycles. The summed E-state index contributed by atoms with van der Waals surface area (Å²) in [5.74, 6) is -0.220. The van der Waals surface area contributed by atoms with E-state index in [1.54, 1.807) is 0 Å². The van der Waals surface area contributed by atoms with Crippen LogP contribution in [0.1, 0.15) is 27.2 Å². The SMILES string of the molecule is CC(C[C@@H](C)CO)[C@H](CO[C@@H]1O[C@H](CN)C(O)[C@@H]1O)O[C@H]1OC([C@@H](C)O)[C@@H](O)[C@H](O)C1N. The number of hydrogen-bond acceptors (Lipinski definition) is 12. The minimum Gasteiger partial charge on any atom is -0.396 e. The summed E-state index contributed by atoms with van der Waals surface area (Å²) in [5.41, 5.74) is 11.5. The van der Waals surface area contributed by atoms with Crippen LogP contribution in [0.4, 0.5) is 0 Å². The molecular weight excluding hydrogens is 428 g/mol. The molecule has 2 fully saturated rings. The largest absolute Gasteiger partial charge is 0.396 e. The van der Waals surface area contributed by atoms with E-state index in [9.17, 15) is 30.6 Å². The number of aliphatic hydroxyl groups is 6. The fraction of sp³-hybridized carbons (Fsp3) is 1.00. The minimum atomic E-state index is -1.39. The van der Waals surface area contributed by atoms with E-state index in [-0.39, 0.29) is 31.6 Å². The smallest absolute Gasteiger partial charge is 0.186 e. The summed E-state index contributed by atoms with van der Waals surface area (Å²) in [5, 5.41) is 59.9. The van der Waals surface area contributed by atoms with E-state index in [0.29, 0.717) is 6.42 Å². The van der Waals surface area contributed by atoms with E-state index in [0.717, 1.165) is 0 Å². The molecule has 0 radical (unpaired) electrons. The molecule has 2 aliphatic heterocycles. The Morgan fingerprint density at radius 3 is 2.12 bits per heavy atom. The van der Waals surface area contributed by atoms with Gasteiger partial charge < -0.3 is 61.1 Å². The molecule has 0 amide bonds. The van der Waals surface area contributed by atoms with Gasteiger partial charge in [-0.1, -0.05) is 13.8 Å². The third kappa shape index (κ3) is 6.56. The second-order valence-corrected chi connectivity index (χ2v) is 9.04. The van der Waals surface area contributed by atoms with Crippen LogP contribution in [0.3, 0.4) is 0 Å². The van der Waals surface area contributed by atoms with Crippen LogP contribution in [0.5, 0.6) is 0 Å². The fourth-order valence-corrected chi connectivity index (χ4v) is 4.04. The standard InChI is InChI=1S/C20H40N2O10/c1-8(6-23)4-9(2)12(7-29-20-17(28)14(25)11(5-21)30-20)31-19-13(22)15(26)16(27)18(32-19)10(3)24/h8-20,23-28H,4-7,21-22H2,1-3H3/t8-,9?,10-,11-,12+,13?,14?,15-,16+,17+,18?,19+,20-/m1/s1. The lowest BCUT2D eigenvalue weighted by Crippen LogP contribution is -2.64. The number of hydrogen-bond donors (Lipinski definition) is 8. The molecule has 2 heterocycles. The van der Waals surface area contributed by atoms with E-state index in [4.69, 9.17) is 30.4 Å². The van der Waals surface area contributed by atoms with Gasteiger partial charge in [-0.3, -0.25) is 0 Å². The first-order chi connectivity index (χ1) is 15.0. The summed E-state index contributed by atoms with van der Waals surface area (Å²) in [6.07, 6.45) is -10.6. The second kappa shape index (κ2) is 12.3. The van der Waals surface area contributed by atoms with Gasteiger partial charge in [0.05, 0.1) is 24.9 Å². The lowest BCUT2D eigenvalue weighted by Gasteiger charge is -2.43. The van der Waals surface area contributed by atoms with E-state index in [1.165, 1.54) is 6.92 Å². The van der Waals surface area contributed by atoms with Gasteiger partial charge in [0.1, 0.15) is 36.6 Å². The maximum absolute atomic E-state index is 10.3. The van der Waals surface area contributed by atoms with Crippen LogP contribution in [0.2, 0.25) is 0 Å². The zero-order valence-electron chi connectivity index (χ0n) is 18.8. The molecule has 190 valence electrons. The molecule has 0 aromatic heterocycles. The molecular formula is C20H40N2O10. The predicted octanol–water partition coefficient (Wildman–Crippen LogP) is -3.40. The number of aliphatic hydroxyl groups excluding tert-OH is 6. The van der Waals surface area contributed by atoms with Crippen molar-refractivity contribution in [3.05, 3.63) is 0 Å². The molecule has 0 saturated carbocycles. The Kier molecular flexibility index (Phi) is 10.7. The average molecular weight is 469 g/mol. The summed E-state index contributed by atoms with van der Waals surface area (Å²) < 4.78 is 22.8. The number of rotatable bonds is 11. The molecule has 2 saturated heterocycles. The molecule has 0 spiro atoms. The van der Waals surface area contributed by atoms with Crippen LogP contribution >= 0.6 is 0 Å². The third-order valence-electron chi connectivity index (χ3n) is 6.17. The van der Waals surface area contributed by atoms with Crippen LogP contribution in [-0.2, 0) is 18.9 Å². The van der Waals surface area contributed by atoms with Gasteiger partial charge >= 0.3 is 0 Å². The van der Waals surface area contributed by atoms with Gasteiger partial charge in [-0.2, -0.15) is 0 Å². The Morgan fingerprint density at radius 2 is 1.59 bits per heavy atom. The lowest BCUT2D eigenvalue weighted by molar-refractivity contribution is -0.298. The first kappa shape index (κ1) is 27.8. The monoisotopic (exact) mass is 468 g/mol. The van der Waals surface area contributed by atoms with Gasteiger partial charge in [-0.25, -0.2) is 0 Å². The molecule has 4 unspecified atom stereocenters. The molecule has 0 aromatic carbocycles. The van der Waals surface area contributed by atoms with Crippen LogP contribution in [0.25, 0.3) is 0 Å². The first-order valence-electron chi connectivity index (χ1n) is 11.1. The Labute approximate surface area is 188 Å². The minimum absolute atomic E-state index is 0.00808. The van der Waals surface area contributed by atoms with Gasteiger partial charge in [-0.05, 0) is 25.2 Å². The van der Waals surface area contributed by atoms with Crippen molar-refractivity contribution in [2.75, 3.05) is 19.8 Å². The zero-order chi connectivity index (χ0) is 24.2.